The standard InChI is InChI=1S/C21H20N2O4/c24-20-6-1-11-23(20)17-9-7-16(8-10-17)21(25)22(14-18-4-2-12-26-18)15-19-5-3-13-27-19/h2-5,7-10,12-13H,1,6,11,14-15H2. The molecule has 1 fully saturated rings. The molecule has 0 unspecified atom stereocenters. The van der Waals surface area contributed by atoms with Crippen LogP contribution in [-0.4, -0.2) is 23.3 Å². The van der Waals surface area contributed by atoms with Crippen molar-refractivity contribution in [2.24, 2.45) is 0 Å². The highest BCUT2D eigenvalue weighted by Gasteiger charge is 2.23. The van der Waals surface area contributed by atoms with Crippen LogP contribution in [0.2, 0.25) is 0 Å². The van der Waals surface area contributed by atoms with Gasteiger partial charge in [-0.3, -0.25) is 9.59 Å². The molecule has 2 amide bonds. The lowest BCUT2D eigenvalue weighted by atomic mass is 10.1. The summed E-state index contributed by atoms with van der Waals surface area (Å²) in [6, 6.07) is 14.5. The van der Waals surface area contributed by atoms with Crippen molar-refractivity contribution in [3.05, 3.63) is 78.1 Å². The van der Waals surface area contributed by atoms with Gasteiger partial charge in [-0.25, -0.2) is 0 Å². The van der Waals surface area contributed by atoms with Gasteiger partial charge >= 0.3 is 0 Å². The van der Waals surface area contributed by atoms with E-state index in [0.29, 0.717) is 36.6 Å². The monoisotopic (exact) mass is 364 g/mol. The largest absolute Gasteiger partial charge is 0.467 e. The fourth-order valence-electron chi connectivity index (χ4n) is 3.27. The molecule has 1 aliphatic heterocycles. The molecule has 1 saturated heterocycles. The van der Waals surface area contributed by atoms with Gasteiger partial charge in [-0.1, -0.05) is 0 Å². The summed E-state index contributed by atoms with van der Waals surface area (Å²) in [5.41, 5.74) is 1.39. The summed E-state index contributed by atoms with van der Waals surface area (Å²) in [6.07, 6.45) is 4.64. The highest BCUT2D eigenvalue weighted by atomic mass is 16.3. The molecule has 0 aliphatic carbocycles. The zero-order chi connectivity index (χ0) is 18.6. The van der Waals surface area contributed by atoms with Crippen molar-refractivity contribution in [1.82, 2.24) is 4.90 Å². The van der Waals surface area contributed by atoms with E-state index in [1.165, 1.54) is 0 Å². The Bertz CT molecular complexity index is 862. The number of furan rings is 2. The Morgan fingerprint density at radius 3 is 2.07 bits per heavy atom. The predicted octanol–water partition coefficient (Wildman–Crippen LogP) is 3.84. The molecule has 0 atom stereocenters. The molecule has 0 spiro atoms. The van der Waals surface area contributed by atoms with E-state index in [1.54, 1.807) is 46.6 Å². The van der Waals surface area contributed by atoms with Crippen molar-refractivity contribution in [2.45, 2.75) is 25.9 Å². The van der Waals surface area contributed by atoms with Gasteiger partial charge < -0.3 is 18.6 Å². The predicted molar refractivity (Wildman–Crippen MR) is 99.0 cm³/mol. The molecule has 138 valence electrons. The Hall–Kier alpha value is -3.28. The van der Waals surface area contributed by atoms with E-state index >= 15 is 0 Å². The van der Waals surface area contributed by atoms with E-state index in [1.807, 2.05) is 24.3 Å². The molecule has 0 saturated carbocycles. The van der Waals surface area contributed by atoms with Gasteiger partial charge in [-0.15, -0.1) is 0 Å². The third-order valence-corrected chi connectivity index (χ3v) is 4.64. The summed E-state index contributed by atoms with van der Waals surface area (Å²) in [6.45, 7) is 1.42. The third kappa shape index (κ3) is 3.79. The second-order valence-electron chi connectivity index (χ2n) is 6.52. The number of carbonyl (C=O) groups is 2. The van der Waals surface area contributed by atoms with Crippen molar-refractivity contribution in [1.29, 1.82) is 0 Å². The fourth-order valence-corrected chi connectivity index (χ4v) is 3.27. The summed E-state index contributed by atoms with van der Waals surface area (Å²) in [7, 11) is 0. The number of carbonyl (C=O) groups excluding carboxylic acids is 2. The van der Waals surface area contributed by atoms with Crippen LogP contribution in [0, 0.1) is 0 Å². The summed E-state index contributed by atoms with van der Waals surface area (Å²) in [5.74, 6) is 1.41. The van der Waals surface area contributed by atoms with Crippen molar-refractivity contribution in [3.63, 3.8) is 0 Å². The molecular weight excluding hydrogens is 344 g/mol. The molecule has 27 heavy (non-hydrogen) atoms. The first-order valence-corrected chi connectivity index (χ1v) is 8.95. The van der Waals surface area contributed by atoms with E-state index < -0.39 is 0 Å². The van der Waals surface area contributed by atoms with Crippen molar-refractivity contribution >= 4 is 17.5 Å². The van der Waals surface area contributed by atoms with Gasteiger partial charge in [0.05, 0.1) is 25.6 Å². The van der Waals surface area contributed by atoms with Gasteiger partial charge in [0, 0.05) is 24.2 Å². The number of hydrogen-bond donors (Lipinski definition) is 0. The van der Waals surface area contributed by atoms with E-state index in [2.05, 4.69) is 0 Å². The number of nitrogens with zero attached hydrogens (tertiary/aromatic N) is 2. The Labute approximate surface area is 157 Å². The van der Waals surface area contributed by atoms with Gasteiger partial charge in [0.15, 0.2) is 0 Å². The SMILES string of the molecule is O=C(c1ccc(N2CCCC2=O)cc1)N(Cc1ccco1)Cc1ccco1. The molecule has 1 aliphatic rings. The van der Waals surface area contributed by atoms with Crippen molar-refractivity contribution in [2.75, 3.05) is 11.4 Å². The maximum absolute atomic E-state index is 13.1. The minimum Gasteiger partial charge on any atom is -0.467 e. The van der Waals surface area contributed by atoms with E-state index in [0.717, 1.165) is 18.7 Å². The maximum atomic E-state index is 13.1. The normalized spacial score (nSPS) is 13.9. The molecule has 6 heteroatoms. The van der Waals surface area contributed by atoms with E-state index in [-0.39, 0.29) is 11.8 Å². The number of anilines is 1. The molecule has 0 bridgehead atoms. The molecule has 1 aromatic carbocycles. The number of rotatable bonds is 6. The van der Waals surface area contributed by atoms with Crippen LogP contribution in [0.4, 0.5) is 5.69 Å². The molecule has 3 heterocycles. The Balaban J connectivity index is 1.53. The Morgan fingerprint density at radius 1 is 0.963 bits per heavy atom. The molecule has 0 radical (unpaired) electrons. The molecule has 2 aromatic heterocycles. The molecular formula is C21H20N2O4. The average Bonchev–Trinajstić information content (AvgIpc) is 3.44. The maximum Gasteiger partial charge on any atom is 0.254 e. The van der Waals surface area contributed by atoms with Crippen LogP contribution in [0.25, 0.3) is 0 Å². The Morgan fingerprint density at radius 2 is 1.59 bits per heavy atom. The van der Waals surface area contributed by atoms with Gasteiger partial charge in [0.1, 0.15) is 11.5 Å². The molecule has 6 nitrogen and oxygen atoms in total. The van der Waals surface area contributed by atoms with E-state index in [9.17, 15) is 9.59 Å². The van der Waals surface area contributed by atoms with Crippen LogP contribution >= 0.6 is 0 Å². The van der Waals surface area contributed by atoms with Gasteiger partial charge in [-0.2, -0.15) is 0 Å². The highest BCUT2D eigenvalue weighted by Crippen LogP contribution is 2.23. The Kier molecular flexibility index (Phi) is 4.78. The van der Waals surface area contributed by atoms with Crippen LogP contribution in [0.5, 0.6) is 0 Å². The summed E-state index contributed by atoms with van der Waals surface area (Å²) < 4.78 is 10.8. The van der Waals surface area contributed by atoms with Crippen LogP contribution < -0.4 is 4.90 Å². The summed E-state index contributed by atoms with van der Waals surface area (Å²) >= 11 is 0. The topological polar surface area (TPSA) is 66.9 Å². The number of amides is 2. The first-order valence-electron chi connectivity index (χ1n) is 8.95. The second kappa shape index (κ2) is 7.53. The van der Waals surface area contributed by atoms with Crippen LogP contribution in [0.3, 0.4) is 0 Å². The fraction of sp³-hybridized carbons (Fsp3) is 0.238. The van der Waals surface area contributed by atoms with E-state index in [4.69, 9.17) is 8.83 Å². The smallest absolute Gasteiger partial charge is 0.254 e. The first kappa shape index (κ1) is 17.1. The molecule has 4 rings (SSSR count). The third-order valence-electron chi connectivity index (χ3n) is 4.64. The van der Waals surface area contributed by atoms with Gasteiger partial charge in [-0.05, 0) is 55.0 Å². The van der Waals surface area contributed by atoms with Crippen molar-refractivity contribution in [3.8, 4) is 0 Å². The molecule has 3 aromatic rings. The van der Waals surface area contributed by atoms with Gasteiger partial charge in [0.2, 0.25) is 5.91 Å². The van der Waals surface area contributed by atoms with Crippen molar-refractivity contribution < 1.29 is 18.4 Å². The highest BCUT2D eigenvalue weighted by molar-refractivity contribution is 5.97. The molecule has 0 N–H and O–H groups in total. The quantitative estimate of drug-likeness (QED) is 0.666. The minimum atomic E-state index is -0.123. The van der Waals surface area contributed by atoms with Crippen LogP contribution in [0.1, 0.15) is 34.7 Å². The number of benzene rings is 1. The lowest BCUT2D eigenvalue weighted by molar-refractivity contribution is -0.117. The summed E-state index contributed by atoms with van der Waals surface area (Å²) in [4.78, 5) is 28.4. The van der Waals surface area contributed by atoms with Gasteiger partial charge in [0.25, 0.3) is 5.91 Å². The van der Waals surface area contributed by atoms with Crippen LogP contribution in [0.15, 0.2) is 69.9 Å². The lowest BCUT2D eigenvalue weighted by Gasteiger charge is -2.21. The first-order chi connectivity index (χ1) is 13.2. The summed E-state index contributed by atoms with van der Waals surface area (Å²) in [5, 5.41) is 0. The lowest BCUT2D eigenvalue weighted by Crippen LogP contribution is -2.30. The minimum absolute atomic E-state index is 0.123. The zero-order valence-electron chi connectivity index (χ0n) is 14.8. The zero-order valence-corrected chi connectivity index (χ0v) is 14.8. The number of hydrogen-bond acceptors (Lipinski definition) is 4. The second-order valence-corrected chi connectivity index (χ2v) is 6.52. The van der Waals surface area contributed by atoms with Crippen LogP contribution in [-0.2, 0) is 17.9 Å². The average molecular weight is 364 g/mol.